The largest absolute Gasteiger partial charge is 0.506 e. The predicted molar refractivity (Wildman–Crippen MR) is 84.6 cm³/mol. The number of nitrogens with zero attached hydrogens (tertiary/aromatic N) is 2. The molecular weight excluding hydrogens is 324 g/mol. The Morgan fingerprint density at radius 3 is 2.64 bits per heavy atom. The van der Waals surface area contributed by atoms with Gasteiger partial charge in [0, 0.05) is 10.8 Å². The van der Waals surface area contributed by atoms with Gasteiger partial charge in [0.1, 0.15) is 12.1 Å². The highest BCUT2D eigenvalue weighted by Crippen LogP contribution is 2.41. The highest BCUT2D eigenvalue weighted by Gasteiger charge is 2.15. The Kier molecular flexibility index (Phi) is 3.67. The van der Waals surface area contributed by atoms with Crippen molar-refractivity contribution in [2.45, 2.75) is 10.1 Å². The summed E-state index contributed by atoms with van der Waals surface area (Å²) in [6, 6.07) is 8.59. The van der Waals surface area contributed by atoms with E-state index < -0.39 is 10.0 Å². The Labute approximate surface area is 130 Å². The Balaban J connectivity index is 2.18. The fraction of sp³-hybridized carbons (Fsp3) is 0.0769. The Bertz CT molecular complexity index is 924. The molecule has 1 aromatic heterocycles. The molecule has 3 rings (SSSR count). The van der Waals surface area contributed by atoms with Crippen LogP contribution in [-0.2, 0) is 10.0 Å². The number of aromatic amines is 1. The van der Waals surface area contributed by atoms with Crippen molar-refractivity contribution in [2.24, 2.45) is 0 Å². The summed E-state index contributed by atoms with van der Waals surface area (Å²) in [6.07, 6.45) is 2.44. The van der Waals surface area contributed by atoms with E-state index >= 15 is 0 Å². The van der Waals surface area contributed by atoms with Gasteiger partial charge in [-0.25, -0.2) is 13.4 Å². The van der Waals surface area contributed by atoms with Gasteiger partial charge in [-0.2, -0.15) is 5.10 Å². The van der Waals surface area contributed by atoms with Gasteiger partial charge in [0.05, 0.1) is 16.8 Å². The summed E-state index contributed by atoms with van der Waals surface area (Å²) in [5, 5.41) is 18.5. The molecule has 0 aliphatic rings. The van der Waals surface area contributed by atoms with Crippen LogP contribution < -0.4 is 4.72 Å². The molecule has 114 valence electrons. The summed E-state index contributed by atoms with van der Waals surface area (Å²) in [5.41, 5.74) is 0.401. The third kappa shape index (κ3) is 3.00. The molecule has 9 heteroatoms. The number of benzene rings is 2. The Hall–Kier alpha value is -2.26. The lowest BCUT2D eigenvalue weighted by molar-refractivity contribution is 0.469. The van der Waals surface area contributed by atoms with Crippen molar-refractivity contribution in [3.8, 4) is 5.75 Å². The van der Waals surface area contributed by atoms with E-state index in [1.165, 1.54) is 6.33 Å². The van der Waals surface area contributed by atoms with E-state index in [0.29, 0.717) is 26.5 Å². The molecule has 0 aliphatic carbocycles. The lowest BCUT2D eigenvalue weighted by Gasteiger charge is -2.12. The zero-order valence-electron chi connectivity index (χ0n) is 11.4. The number of H-pyrrole nitrogens is 1. The first kappa shape index (κ1) is 14.7. The summed E-state index contributed by atoms with van der Waals surface area (Å²) >= 11 is 1.16. The fourth-order valence-corrected chi connectivity index (χ4v) is 3.40. The number of anilines is 1. The van der Waals surface area contributed by atoms with Crippen molar-refractivity contribution >= 4 is 38.2 Å². The second-order valence-corrected chi connectivity index (χ2v) is 7.36. The summed E-state index contributed by atoms with van der Waals surface area (Å²) in [5.74, 6) is 0.0658. The number of sulfonamides is 1. The summed E-state index contributed by atoms with van der Waals surface area (Å²) < 4.78 is 25.6. The van der Waals surface area contributed by atoms with Gasteiger partial charge in [-0.3, -0.25) is 9.82 Å². The van der Waals surface area contributed by atoms with Crippen molar-refractivity contribution in [3.63, 3.8) is 0 Å². The molecule has 0 bridgehead atoms. The number of aromatic nitrogens is 3. The molecule has 0 saturated heterocycles. The maximum Gasteiger partial charge on any atom is 0.229 e. The van der Waals surface area contributed by atoms with Crippen molar-refractivity contribution < 1.29 is 13.5 Å². The van der Waals surface area contributed by atoms with Crippen LogP contribution in [0.1, 0.15) is 0 Å². The average molecular weight is 336 g/mol. The zero-order valence-corrected chi connectivity index (χ0v) is 13.1. The Morgan fingerprint density at radius 1 is 1.27 bits per heavy atom. The van der Waals surface area contributed by atoms with E-state index in [9.17, 15) is 13.5 Å². The monoisotopic (exact) mass is 336 g/mol. The third-order valence-electron chi connectivity index (χ3n) is 2.88. The second kappa shape index (κ2) is 5.50. The third-order valence-corrected chi connectivity index (χ3v) is 4.39. The molecule has 0 spiro atoms. The van der Waals surface area contributed by atoms with E-state index in [-0.39, 0.29) is 5.75 Å². The standard InChI is InChI=1S/C13H12N4O3S2/c1-22(19,20)17-10-6-11(21-13-14-7-15-16-13)12(18)9-5-3-2-4-8(9)10/h2-7,17-18H,1H3,(H,14,15,16). The minimum Gasteiger partial charge on any atom is -0.506 e. The lowest BCUT2D eigenvalue weighted by Crippen LogP contribution is -2.10. The number of nitrogens with one attached hydrogen (secondary N) is 2. The minimum absolute atomic E-state index is 0.0658. The molecule has 0 saturated carbocycles. The van der Waals surface area contributed by atoms with E-state index in [2.05, 4.69) is 19.9 Å². The van der Waals surface area contributed by atoms with Crippen LogP contribution in [0.5, 0.6) is 5.75 Å². The molecular formula is C13H12N4O3S2. The quantitative estimate of drug-likeness (QED) is 0.630. The van der Waals surface area contributed by atoms with Crippen LogP contribution in [0.15, 0.2) is 46.7 Å². The van der Waals surface area contributed by atoms with Crippen molar-refractivity contribution in [1.82, 2.24) is 15.2 Å². The van der Waals surface area contributed by atoms with Crippen LogP contribution in [0.3, 0.4) is 0 Å². The van der Waals surface area contributed by atoms with E-state index in [4.69, 9.17) is 0 Å². The molecule has 0 aliphatic heterocycles. The van der Waals surface area contributed by atoms with Gasteiger partial charge in [-0.05, 0) is 17.8 Å². The van der Waals surface area contributed by atoms with Crippen LogP contribution in [0, 0.1) is 0 Å². The maximum atomic E-state index is 11.5. The van der Waals surface area contributed by atoms with Gasteiger partial charge >= 0.3 is 0 Å². The predicted octanol–water partition coefficient (Wildman–Crippen LogP) is 2.19. The smallest absolute Gasteiger partial charge is 0.229 e. The van der Waals surface area contributed by atoms with Crippen LogP contribution in [0.2, 0.25) is 0 Å². The van der Waals surface area contributed by atoms with Crippen molar-refractivity contribution in [3.05, 3.63) is 36.7 Å². The van der Waals surface area contributed by atoms with Gasteiger partial charge < -0.3 is 5.11 Å². The molecule has 0 radical (unpaired) electrons. The number of aromatic hydroxyl groups is 1. The highest BCUT2D eigenvalue weighted by molar-refractivity contribution is 7.99. The second-order valence-electron chi connectivity index (χ2n) is 4.58. The summed E-state index contributed by atoms with van der Waals surface area (Å²) in [6.45, 7) is 0. The molecule has 0 atom stereocenters. The van der Waals surface area contributed by atoms with E-state index in [0.717, 1.165) is 18.0 Å². The SMILES string of the molecule is CS(=O)(=O)Nc1cc(Sc2ncn[nH]2)c(O)c2ccccc12. The van der Waals surface area contributed by atoms with Crippen LogP contribution in [-0.4, -0.2) is 35.0 Å². The normalized spacial score (nSPS) is 11.7. The average Bonchev–Trinajstić information content (AvgIpc) is 2.95. The molecule has 1 heterocycles. The number of phenolic OH excluding ortho intramolecular Hbond substituents is 1. The molecule has 0 unspecified atom stereocenters. The molecule has 22 heavy (non-hydrogen) atoms. The summed E-state index contributed by atoms with van der Waals surface area (Å²) in [4.78, 5) is 4.46. The molecule has 0 fully saturated rings. The van der Waals surface area contributed by atoms with Gasteiger partial charge in [0.2, 0.25) is 10.0 Å². The molecule has 0 amide bonds. The van der Waals surface area contributed by atoms with Gasteiger partial charge in [0.25, 0.3) is 0 Å². The van der Waals surface area contributed by atoms with Crippen molar-refractivity contribution in [2.75, 3.05) is 11.0 Å². The first-order valence-electron chi connectivity index (χ1n) is 6.20. The number of hydrogen-bond acceptors (Lipinski definition) is 6. The van der Waals surface area contributed by atoms with Crippen LogP contribution in [0.4, 0.5) is 5.69 Å². The molecule has 3 aromatic rings. The zero-order chi connectivity index (χ0) is 15.7. The van der Waals surface area contributed by atoms with E-state index in [1.807, 2.05) is 0 Å². The van der Waals surface area contributed by atoms with Crippen molar-refractivity contribution in [1.29, 1.82) is 0 Å². The minimum atomic E-state index is -3.44. The fourth-order valence-electron chi connectivity index (χ4n) is 2.04. The number of hydrogen-bond donors (Lipinski definition) is 3. The topological polar surface area (TPSA) is 108 Å². The Morgan fingerprint density at radius 2 is 2.00 bits per heavy atom. The number of fused-ring (bicyclic) bond motifs is 1. The maximum absolute atomic E-state index is 11.5. The van der Waals surface area contributed by atoms with Crippen LogP contribution >= 0.6 is 11.8 Å². The van der Waals surface area contributed by atoms with Gasteiger partial charge in [-0.1, -0.05) is 24.3 Å². The highest BCUT2D eigenvalue weighted by atomic mass is 32.2. The van der Waals surface area contributed by atoms with Gasteiger partial charge in [-0.15, -0.1) is 0 Å². The first-order chi connectivity index (χ1) is 10.4. The first-order valence-corrected chi connectivity index (χ1v) is 8.90. The number of rotatable bonds is 4. The lowest BCUT2D eigenvalue weighted by atomic mass is 10.1. The summed E-state index contributed by atoms with van der Waals surface area (Å²) in [7, 11) is -3.44. The molecule has 2 aromatic carbocycles. The molecule has 3 N–H and O–H groups in total. The molecule has 7 nitrogen and oxygen atoms in total. The van der Waals surface area contributed by atoms with Gasteiger partial charge in [0.15, 0.2) is 5.16 Å². The van der Waals surface area contributed by atoms with Crippen LogP contribution in [0.25, 0.3) is 10.8 Å². The van der Waals surface area contributed by atoms with E-state index in [1.54, 1.807) is 30.3 Å². The number of phenols is 1.